The van der Waals surface area contributed by atoms with E-state index in [2.05, 4.69) is 21.3 Å². The quantitative estimate of drug-likeness (QED) is 0.0948. The molecule has 2 aromatic carbocycles. The fourth-order valence-corrected chi connectivity index (χ4v) is 6.52. The van der Waals surface area contributed by atoms with Crippen molar-refractivity contribution >= 4 is 41.4 Å². The first-order valence-electron chi connectivity index (χ1n) is 19.0. The molecule has 7 atom stereocenters. The van der Waals surface area contributed by atoms with Crippen LogP contribution in [0.3, 0.4) is 0 Å². The van der Waals surface area contributed by atoms with Crippen LogP contribution in [0.5, 0.6) is 0 Å². The van der Waals surface area contributed by atoms with Crippen LogP contribution < -0.4 is 32.7 Å². The van der Waals surface area contributed by atoms with E-state index < -0.39 is 77.7 Å². The van der Waals surface area contributed by atoms with Crippen LogP contribution in [0.4, 0.5) is 0 Å². The molecule has 0 aliphatic carbocycles. The number of carbonyl (C=O) groups excluding carboxylic acids is 7. The lowest BCUT2D eigenvalue weighted by molar-refractivity contribution is -0.147. The van der Waals surface area contributed by atoms with E-state index >= 15 is 0 Å². The molecule has 0 aromatic heterocycles. The van der Waals surface area contributed by atoms with Crippen molar-refractivity contribution in [3.63, 3.8) is 0 Å². The van der Waals surface area contributed by atoms with Gasteiger partial charge in [0.05, 0.1) is 6.04 Å². The Kier molecular flexibility index (Phi) is 17.3. The van der Waals surface area contributed by atoms with Crippen LogP contribution in [-0.2, 0) is 46.4 Å². The summed E-state index contributed by atoms with van der Waals surface area (Å²) in [6.07, 6.45) is -0.425. The van der Waals surface area contributed by atoms with Crippen LogP contribution in [0, 0.1) is 11.8 Å². The number of aliphatic hydroxyl groups excluding tert-OH is 1. The van der Waals surface area contributed by atoms with E-state index in [4.69, 9.17) is 11.5 Å². The zero-order chi connectivity index (χ0) is 40.7. The molecule has 1 aliphatic rings. The van der Waals surface area contributed by atoms with Crippen LogP contribution >= 0.6 is 0 Å². The largest absolute Gasteiger partial charge is 0.381 e. The summed E-state index contributed by atoms with van der Waals surface area (Å²) in [6.45, 7) is 7.23. The molecule has 0 bridgehead atoms. The van der Waals surface area contributed by atoms with E-state index in [9.17, 15) is 38.7 Å². The second-order valence-electron chi connectivity index (χ2n) is 14.6. The number of nitrogens with one attached hydrogen (secondary N) is 4. The van der Waals surface area contributed by atoms with Crippen LogP contribution in [0.25, 0.3) is 0 Å². The van der Waals surface area contributed by atoms with E-state index in [-0.39, 0.29) is 50.5 Å². The van der Waals surface area contributed by atoms with E-state index in [1.54, 1.807) is 51.1 Å². The zero-order valence-corrected chi connectivity index (χ0v) is 32.2. The lowest BCUT2D eigenvalue weighted by atomic mass is 9.96. The van der Waals surface area contributed by atoms with E-state index in [0.29, 0.717) is 24.8 Å². The molecule has 0 unspecified atom stereocenters. The van der Waals surface area contributed by atoms with Gasteiger partial charge in [-0.25, -0.2) is 0 Å². The summed E-state index contributed by atoms with van der Waals surface area (Å²) in [5.74, 6) is -5.17. The Hall–Kier alpha value is -5.31. The van der Waals surface area contributed by atoms with Crippen LogP contribution in [0.1, 0.15) is 77.3 Å². The van der Waals surface area contributed by atoms with E-state index in [1.165, 1.54) is 4.90 Å². The molecule has 15 nitrogen and oxygen atoms in total. The fourth-order valence-electron chi connectivity index (χ4n) is 6.52. The van der Waals surface area contributed by atoms with Gasteiger partial charge in [-0.3, -0.25) is 33.6 Å². The third kappa shape index (κ3) is 13.5. The topological polar surface area (TPSA) is 243 Å². The predicted molar refractivity (Wildman–Crippen MR) is 205 cm³/mol. The van der Waals surface area contributed by atoms with Gasteiger partial charge in [0.25, 0.3) is 5.91 Å². The summed E-state index contributed by atoms with van der Waals surface area (Å²) in [7, 11) is 0. The number of amides is 7. The Balaban J connectivity index is 1.81. The third-order valence-electron chi connectivity index (χ3n) is 9.98. The van der Waals surface area contributed by atoms with Crippen molar-refractivity contribution in [3.8, 4) is 0 Å². The van der Waals surface area contributed by atoms with Gasteiger partial charge in [-0.05, 0) is 55.1 Å². The first-order valence-corrected chi connectivity index (χ1v) is 19.0. The van der Waals surface area contributed by atoms with Crippen LogP contribution in [-0.4, -0.2) is 94.2 Å². The first-order chi connectivity index (χ1) is 26.1. The monoisotopic (exact) mass is 763 g/mol. The number of hydrogen-bond acceptors (Lipinski definition) is 8. The van der Waals surface area contributed by atoms with Gasteiger partial charge in [-0.1, -0.05) is 94.8 Å². The molecule has 55 heavy (non-hydrogen) atoms. The summed E-state index contributed by atoms with van der Waals surface area (Å²) < 4.78 is 0. The molecule has 1 saturated heterocycles. The smallest absolute Gasteiger partial charge is 0.254 e. The summed E-state index contributed by atoms with van der Waals surface area (Å²) >= 11 is 0. The molecule has 7 amide bonds. The van der Waals surface area contributed by atoms with Crippen molar-refractivity contribution in [1.82, 2.24) is 26.2 Å². The maximum Gasteiger partial charge on any atom is 0.254 e. The van der Waals surface area contributed by atoms with Crippen molar-refractivity contribution in [2.24, 2.45) is 23.3 Å². The molecule has 2 aromatic rings. The number of rotatable bonds is 21. The van der Waals surface area contributed by atoms with Gasteiger partial charge in [-0.15, -0.1) is 0 Å². The van der Waals surface area contributed by atoms with Gasteiger partial charge in [0.2, 0.25) is 35.4 Å². The number of nitrogens with zero attached hydrogens (tertiary/aromatic N) is 1. The second-order valence-corrected chi connectivity index (χ2v) is 14.6. The molecule has 1 aliphatic heterocycles. The highest BCUT2D eigenvalue weighted by atomic mass is 16.3. The number of primary amides is 2. The molecular formula is C40H57N7O8. The van der Waals surface area contributed by atoms with Gasteiger partial charge >= 0.3 is 0 Å². The Morgan fingerprint density at radius 2 is 1.42 bits per heavy atom. The highest BCUT2D eigenvalue weighted by Crippen LogP contribution is 2.22. The number of carbonyl (C=O) groups is 7. The van der Waals surface area contributed by atoms with E-state index in [0.717, 1.165) is 5.56 Å². The molecule has 15 heteroatoms. The molecule has 300 valence electrons. The zero-order valence-electron chi connectivity index (χ0n) is 32.2. The molecule has 3 rings (SSSR count). The maximum atomic E-state index is 14.0. The standard InChI is InChI=1S/C40H57N7O8/c1-5-25(4)34(39(54)45-33(24(2)3)36(42)51)46-38(53)30-17-12-22-47(30)40(55)35(50)29(23-27-15-10-7-11-16-27)44-37(52)28(19-20-31(41)48)43-32(49)21-18-26-13-8-6-9-14-26/h6-11,13-16,24-25,28-30,33-35,50H,5,12,17-23H2,1-4H3,(H2,41,48)(H2,42,51)(H,43,49)(H,44,52)(H,45,54)(H,46,53)/t25-,28+,29+,30+,33+,34+,35+/m1/s1. The van der Waals surface area contributed by atoms with Gasteiger partial charge in [0, 0.05) is 19.4 Å². The second kappa shape index (κ2) is 21.5. The highest BCUT2D eigenvalue weighted by molar-refractivity contribution is 5.95. The Bertz CT molecular complexity index is 1620. The molecule has 0 spiro atoms. The van der Waals surface area contributed by atoms with Crippen LogP contribution in [0.15, 0.2) is 60.7 Å². The van der Waals surface area contributed by atoms with E-state index in [1.807, 2.05) is 37.3 Å². The number of nitrogens with two attached hydrogens (primary N) is 2. The van der Waals surface area contributed by atoms with Gasteiger partial charge in [-0.2, -0.15) is 0 Å². The number of aliphatic hydroxyl groups is 1. The Morgan fingerprint density at radius 1 is 0.800 bits per heavy atom. The third-order valence-corrected chi connectivity index (χ3v) is 9.98. The lowest BCUT2D eigenvalue weighted by Crippen LogP contribution is -2.60. The average Bonchev–Trinajstić information content (AvgIpc) is 3.66. The average molecular weight is 764 g/mol. The minimum absolute atomic E-state index is 0.0157. The summed E-state index contributed by atoms with van der Waals surface area (Å²) in [6, 6.07) is 12.8. The molecule has 9 N–H and O–H groups in total. The number of likely N-dealkylation sites (tertiary alicyclic amines) is 1. The summed E-state index contributed by atoms with van der Waals surface area (Å²) in [5.41, 5.74) is 12.5. The predicted octanol–water partition coefficient (Wildman–Crippen LogP) is 0.606. The lowest BCUT2D eigenvalue weighted by Gasteiger charge is -2.32. The molecule has 1 fully saturated rings. The highest BCUT2D eigenvalue weighted by Gasteiger charge is 2.41. The Morgan fingerprint density at radius 3 is 1.98 bits per heavy atom. The van der Waals surface area contributed by atoms with Crippen molar-refractivity contribution in [1.29, 1.82) is 0 Å². The van der Waals surface area contributed by atoms with Gasteiger partial charge in [0.15, 0.2) is 6.10 Å². The van der Waals surface area contributed by atoms with Gasteiger partial charge in [0.1, 0.15) is 24.2 Å². The Labute approximate surface area is 322 Å². The number of benzene rings is 2. The molecule has 0 saturated carbocycles. The SMILES string of the molecule is CC[C@@H](C)[C@H](NC(=O)[C@@H]1CCCN1C(=O)[C@@H](O)[C@H](Cc1ccccc1)NC(=O)[C@H](CCC(N)=O)NC(=O)CCc1ccccc1)C(=O)N[C@H](C(N)=O)C(C)C. The first kappa shape index (κ1) is 44.1. The molecule has 0 radical (unpaired) electrons. The van der Waals surface area contributed by atoms with Crippen LogP contribution in [0.2, 0.25) is 0 Å². The minimum Gasteiger partial charge on any atom is -0.381 e. The van der Waals surface area contributed by atoms with Crippen molar-refractivity contribution in [3.05, 3.63) is 71.8 Å². The maximum absolute atomic E-state index is 14.0. The molecular weight excluding hydrogens is 706 g/mol. The summed E-state index contributed by atoms with van der Waals surface area (Å²) in [5, 5.41) is 22.4. The normalized spacial score (nSPS) is 17.2. The molecule has 1 heterocycles. The minimum atomic E-state index is -1.82. The van der Waals surface area contributed by atoms with Crippen molar-refractivity contribution < 1.29 is 38.7 Å². The summed E-state index contributed by atoms with van der Waals surface area (Å²) in [4.78, 5) is 92.8. The van der Waals surface area contributed by atoms with Crippen molar-refractivity contribution in [2.75, 3.05) is 6.54 Å². The van der Waals surface area contributed by atoms with Gasteiger partial charge < -0.3 is 42.7 Å². The number of hydrogen-bond donors (Lipinski definition) is 7. The fraction of sp³-hybridized carbons (Fsp3) is 0.525. The van der Waals surface area contributed by atoms with Crippen molar-refractivity contribution in [2.45, 2.75) is 115 Å². The number of aryl methyl sites for hydroxylation is 1.